The van der Waals surface area contributed by atoms with Crippen LogP contribution >= 0.6 is 23.2 Å². The average molecular weight is 630 g/mol. The van der Waals surface area contributed by atoms with Crippen LogP contribution in [0.4, 0.5) is 10.1 Å². The van der Waals surface area contributed by atoms with Crippen molar-refractivity contribution in [2.45, 2.75) is 18.6 Å². The van der Waals surface area contributed by atoms with E-state index in [0.29, 0.717) is 28.7 Å². The van der Waals surface area contributed by atoms with Gasteiger partial charge in [-0.3, -0.25) is 18.8 Å². The van der Waals surface area contributed by atoms with Crippen LogP contribution < -0.4 is 15.2 Å². The average Bonchev–Trinajstić information content (AvgIpc) is 2.92. The summed E-state index contributed by atoms with van der Waals surface area (Å²) < 4.78 is 42.0. The molecule has 1 aromatic heterocycles. The van der Waals surface area contributed by atoms with Crippen molar-refractivity contribution in [1.29, 1.82) is 0 Å². The highest BCUT2D eigenvalue weighted by Crippen LogP contribution is 2.37. The molecular weight excluding hydrogens is 602 g/mol. The molecule has 12 heteroatoms. The minimum atomic E-state index is -3.85. The Hall–Kier alpha value is -3.70. The molecule has 1 aliphatic heterocycles. The summed E-state index contributed by atoms with van der Waals surface area (Å²) in [5.74, 6) is -1.33. The molecular formula is C30H27Cl2FN4O4S. The fraction of sp³-hybridized carbons (Fsp3) is 0.200. The molecule has 4 aromatic rings. The summed E-state index contributed by atoms with van der Waals surface area (Å²) in [5.41, 5.74) is 2.34. The van der Waals surface area contributed by atoms with Crippen LogP contribution in [0.1, 0.15) is 33.1 Å². The molecule has 1 amide bonds. The lowest BCUT2D eigenvalue weighted by Gasteiger charge is -2.48. The Bertz CT molecular complexity index is 1690. The first kappa shape index (κ1) is 29.8. The summed E-state index contributed by atoms with van der Waals surface area (Å²) in [6, 6.07) is 20.6. The van der Waals surface area contributed by atoms with Crippen molar-refractivity contribution in [3.63, 3.8) is 0 Å². The lowest BCUT2D eigenvalue weighted by molar-refractivity contribution is 0.0950. The normalized spacial score (nSPS) is 14.0. The fourth-order valence-electron chi connectivity index (χ4n) is 5.09. The molecule has 5 rings (SSSR count). The number of hydrogen-bond acceptors (Lipinski definition) is 5. The first-order valence-electron chi connectivity index (χ1n) is 13.0. The third-order valence-electron chi connectivity index (χ3n) is 7.02. The summed E-state index contributed by atoms with van der Waals surface area (Å²) in [6.45, 7) is 0.798. The number of aromatic amines is 1. The van der Waals surface area contributed by atoms with Gasteiger partial charge in [0.2, 0.25) is 15.6 Å². The zero-order chi connectivity index (χ0) is 30.0. The number of carbonyl (C=O) groups excluding carboxylic acids is 1. The number of anilines is 1. The number of likely N-dealkylation sites (tertiary alicyclic amines) is 1. The van der Waals surface area contributed by atoms with E-state index in [1.807, 2.05) is 24.3 Å². The van der Waals surface area contributed by atoms with Gasteiger partial charge in [0.25, 0.3) is 5.91 Å². The molecule has 0 aliphatic carbocycles. The van der Waals surface area contributed by atoms with Crippen molar-refractivity contribution in [1.82, 2.24) is 15.2 Å². The quantitative estimate of drug-likeness (QED) is 0.272. The maximum absolute atomic E-state index is 14.8. The molecule has 8 nitrogen and oxygen atoms in total. The minimum absolute atomic E-state index is 0.0283. The van der Waals surface area contributed by atoms with Crippen molar-refractivity contribution in [2.24, 2.45) is 0 Å². The van der Waals surface area contributed by atoms with Gasteiger partial charge < -0.3 is 10.3 Å². The summed E-state index contributed by atoms with van der Waals surface area (Å²) >= 11 is 12.2. The van der Waals surface area contributed by atoms with E-state index in [2.05, 4.69) is 15.2 Å². The van der Waals surface area contributed by atoms with Crippen LogP contribution in [0.15, 0.2) is 89.9 Å². The Kier molecular flexibility index (Phi) is 8.70. The largest absolute Gasteiger partial charge is 0.348 e. The van der Waals surface area contributed by atoms with Crippen LogP contribution in [-0.4, -0.2) is 49.6 Å². The molecule has 0 atom stereocenters. The van der Waals surface area contributed by atoms with E-state index in [0.717, 1.165) is 29.5 Å². The predicted molar refractivity (Wildman–Crippen MR) is 162 cm³/mol. The Morgan fingerprint density at radius 3 is 2.12 bits per heavy atom. The number of sulfonamides is 1. The van der Waals surface area contributed by atoms with Crippen molar-refractivity contribution in [2.75, 3.05) is 23.7 Å². The molecule has 1 fully saturated rings. The lowest BCUT2D eigenvalue weighted by Crippen LogP contribution is -2.61. The highest BCUT2D eigenvalue weighted by Gasteiger charge is 2.41. The fourth-order valence-corrected chi connectivity index (χ4v) is 6.51. The zero-order valence-corrected chi connectivity index (χ0v) is 24.8. The van der Waals surface area contributed by atoms with E-state index in [1.54, 1.807) is 30.3 Å². The second-order valence-corrected chi connectivity index (χ2v) is 12.8. The number of H-pyrrole nitrogens is 1. The third kappa shape index (κ3) is 6.84. The van der Waals surface area contributed by atoms with Crippen molar-refractivity contribution >= 4 is 44.8 Å². The molecule has 0 spiro atoms. The van der Waals surface area contributed by atoms with Crippen LogP contribution in [-0.2, 0) is 16.6 Å². The monoisotopic (exact) mass is 628 g/mol. The molecule has 0 unspecified atom stereocenters. The molecule has 1 saturated heterocycles. The zero-order valence-electron chi connectivity index (χ0n) is 22.4. The molecule has 0 saturated carbocycles. The van der Waals surface area contributed by atoms with Gasteiger partial charge in [0.05, 0.1) is 24.0 Å². The van der Waals surface area contributed by atoms with Gasteiger partial charge in [0.15, 0.2) is 0 Å². The van der Waals surface area contributed by atoms with Gasteiger partial charge in [-0.05, 0) is 59.2 Å². The van der Waals surface area contributed by atoms with Crippen molar-refractivity contribution in [3.8, 4) is 0 Å². The van der Waals surface area contributed by atoms with E-state index in [4.69, 9.17) is 23.2 Å². The van der Waals surface area contributed by atoms with E-state index < -0.39 is 27.8 Å². The van der Waals surface area contributed by atoms with E-state index in [9.17, 15) is 22.4 Å². The predicted octanol–water partition coefficient (Wildman–Crippen LogP) is 4.99. The van der Waals surface area contributed by atoms with Gasteiger partial charge in [-0.15, -0.1) is 0 Å². The number of nitrogens with zero attached hydrogens (tertiary/aromatic N) is 2. The highest BCUT2D eigenvalue weighted by molar-refractivity contribution is 7.92. The second-order valence-electron chi connectivity index (χ2n) is 10.1. The molecule has 2 N–H and O–H groups in total. The van der Waals surface area contributed by atoms with Crippen molar-refractivity contribution < 1.29 is 17.6 Å². The maximum Gasteiger partial charge on any atom is 0.251 e. The van der Waals surface area contributed by atoms with Crippen LogP contribution in [0, 0.1) is 5.82 Å². The lowest BCUT2D eigenvalue weighted by atomic mass is 9.93. The molecule has 218 valence electrons. The molecule has 0 bridgehead atoms. The number of carbonyl (C=O) groups is 1. The standard InChI is InChI=1S/C30H27Cl2FN4O4S/c1-42(40,41)37(26-13-22(12-25(33)14-26)30(39)35-16-19-2-11-28(38)34-15-19)27-17-36(18-27)29(20-3-7-23(31)8-4-20)21-5-9-24(32)10-6-21/h2-15,27,29H,16-18H2,1H3,(H,34,38)(H,35,39). The van der Waals surface area contributed by atoms with Gasteiger partial charge >= 0.3 is 0 Å². The molecule has 3 aromatic carbocycles. The Morgan fingerprint density at radius 1 is 1.00 bits per heavy atom. The second kappa shape index (κ2) is 12.3. The van der Waals surface area contributed by atoms with Crippen LogP contribution in [0.3, 0.4) is 0 Å². The first-order valence-corrected chi connectivity index (χ1v) is 15.6. The minimum Gasteiger partial charge on any atom is -0.348 e. The summed E-state index contributed by atoms with van der Waals surface area (Å²) in [6.07, 6.45) is 2.53. The maximum atomic E-state index is 14.8. The van der Waals surface area contributed by atoms with Gasteiger partial charge in [-0.1, -0.05) is 53.5 Å². The Balaban J connectivity index is 1.38. The number of rotatable bonds is 9. The topological polar surface area (TPSA) is 103 Å². The SMILES string of the molecule is CS(=O)(=O)N(c1cc(F)cc(C(=O)NCc2ccc(=O)[nH]c2)c1)C1CN(C(c2ccc(Cl)cc2)c2ccc(Cl)cc2)C1. The van der Waals surface area contributed by atoms with E-state index >= 15 is 0 Å². The van der Waals surface area contributed by atoms with Gasteiger partial charge in [-0.2, -0.15) is 0 Å². The third-order valence-corrected chi connectivity index (χ3v) is 8.74. The molecule has 2 heterocycles. The summed E-state index contributed by atoms with van der Waals surface area (Å²) in [4.78, 5) is 28.8. The highest BCUT2D eigenvalue weighted by atomic mass is 35.5. The van der Waals surface area contributed by atoms with Crippen molar-refractivity contribution in [3.05, 3.63) is 134 Å². The number of pyridine rings is 1. The van der Waals surface area contributed by atoms with Gasteiger partial charge in [0.1, 0.15) is 5.82 Å². The summed E-state index contributed by atoms with van der Waals surface area (Å²) in [5, 5.41) is 3.87. The summed E-state index contributed by atoms with van der Waals surface area (Å²) in [7, 11) is -3.85. The van der Waals surface area contributed by atoms with Crippen LogP contribution in [0.25, 0.3) is 0 Å². The Morgan fingerprint density at radius 2 is 1.60 bits per heavy atom. The first-order chi connectivity index (χ1) is 20.0. The number of aromatic nitrogens is 1. The van der Waals surface area contributed by atoms with Crippen LogP contribution in [0.5, 0.6) is 0 Å². The molecule has 42 heavy (non-hydrogen) atoms. The van der Waals surface area contributed by atoms with Gasteiger partial charge in [-0.25, -0.2) is 12.8 Å². The number of hydrogen-bond donors (Lipinski definition) is 2. The number of amides is 1. The van der Waals surface area contributed by atoms with E-state index in [-0.39, 0.29) is 29.4 Å². The molecule has 1 aliphatic rings. The molecule has 0 radical (unpaired) electrons. The smallest absolute Gasteiger partial charge is 0.251 e. The van der Waals surface area contributed by atoms with Crippen LogP contribution in [0.2, 0.25) is 10.0 Å². The number of benzene rings is 3. The van der Waals surface area contributed by atoms with E-state index in [1.165, 1.54) is 22.6 Å². The number of nitrogens with one attached hydrogen (secondary N) is 2. The Labute approximate surface area is 252 Å². The van der Waals surface area contributed by atoms with Gasteiger partial charge in [0, 0.05) is 47.5 Å². The number of halogens is 3.